The molecule has 1 aliphatic carbocycles. The maximum absolute atomic E-state index is 13.1. The summed E-state index contributed by atoms with van der Waals surface area (Å²) in [5.41, 5.74) is 2.74. The Kier molecular flexibility index (Phi) is 4.76. The molecular formula is C18H23N3OS. The fourth-order valence-electron chi connectivity index (χ4n) is 3.29. The normalized spacial score (nSPS) is 20.7. The summed E-state index contributed by atoms with van der Waals surface area (Å²) in [6, 6.07) is 6.36. The Balaban J connectivity index is 1.88. The van der Waals surface area contributed by atoms with Gasteiger partial charge >= 0.3 is 0 Å². The summed E-state index contributed by atoms with van der Waals surface area (Å²) in [4.78, 5) is 19.1. The fourth-order valence-corrected chi connectivity index (χ4v) is 4.07. The van der Waals surface area contributed by atoms with Gasteiger partial charge in [0.15, 0.2) is 0 Å². The van der Waals surface area contributed by atoms with Crippen LogP contribution < -0.4 is 0 Å². The molecular weight excluding hydrogens is 306 g/mol. The highest BCUT2D eigenvalue weighted by Gasteiger charge is 2.30. The summed E-state index contributed by atoms with van der Waals surface area (Å²) in [5.74, 6) is 0.101. The summed E-state index contributed by atoms with van der Waals surface area (Å²) in [5, 5.41) is 0.681. The third-order valence-corrected chi connectivity index (χ3v) is 5.82. The van der Waals surface area contributed by atoms with Gasteiger partial charge in [0.2, 0.25) is 0 Å². The number of hydrogen-bond acceptors (Lipinski definition) is 3. The molecule has 0 saturated heterocycles. The molecule has 5 heteroatoms. The van der Waals surface area contributed by atoms with Crippen LogP contribution in [0.5, 0.6) is 0 Å². The number of thioether (sulfide) groups is 1. The van der Waals surface area contributed by atoms with Gasteiger partial charge in [-0.1, -0.05) is 11.6 Å². The molecule has 2 atom stereocenters. The second kappa shape index (κ2) is 6.79. The maximum atomic E-state index is 13.1. The summed E-state index contributed by atoms with van der Waals surface area (Å²) < 4.78 is 1.90. The molecule has 23 heavy (non-hydrogen) atoms. The van der Waals surface area contributed by atoms with Gasteiger partial charge in [0.25, 0.3) is 5.91 Å². The number of carbonyl (C=O) groups excluding carboxylic acids is 1. The van der Waals surface area contributed by atoms with Crippen LogP contribution in [0.15, 0.2) is 36.9 Å². The molecule has 1 saturated carbocycles. The van der Waals surface area contributed by atoms with Crippen LogP contribution >= 0.6 is 11.8 Å². The molecule has 3 rings (SSSR count). The van der Waals surface area contributed by atoms with E-state index in [2.05, 4.69) is 11.2 Å². The Morgan fingerprint density at radius 2 is 2.22 bits per heavy atom. The minimum atomic E-state index is 0.101. The molecule has 0 spiro atoms. The van der Waals surface area contributed by atoms with E-state index in [1.165, 1.54) is 6.42 Å². The van der Waals surface area contributed by atoms with Crippen molar-refractivity contribution in [1.29, 1.82) is 0 Å². The Morgan fingerprint density at radius 1 is 1.39 bits per heavy atom. The van der Waals surface area contributed by atoms with Gasteiger partial charge in [0, 0.05) is 30.7 Å². The monoisotopic (exact) mass is 329 g/mol. The second-order valence-electron chi connectivity index (χ2n) is 6.23. The van der Waals surface area contributed by atoms with E-state index in [4.69, 9.17) is 0 Å². The average Bonchev–Trinajstić information content (AvgIpc) is 3.24. The largest absolute Gasteiger partial charge is 0.339 e. The number of hydrogen-bond donors (Lipinski definition) is 0. The molecule has 2 aromatic rings. The van der Waals surface area contributed by atoms with Gasteiger partial charge < -0.3 is 9.47 Å². The van der Waals surface area contributed by atoms with Gasteiger partial charge in [-0.3, -0.25) is 4.79 Å². The maximum Gasteiger partial charge on any atom is 0.255 e. The van der Waals surface area contributed by atoms with Crippen molar-refractivity contribution in [2.45, 2.75) is 37.5 Å². The summed E-state index contributed by atoms with van der Waals surface area (Å²) in [6.45, 7) is 2.02. The van der Waals surface area contributed by atoms with E-state index in [9.17, 15) is 4.79 Å². The fraction of sp³-hybridized carbons (Fsp3) is 0.444. The van der Waals surface area contributed by atoms with Crippen LogP contribution in [0.4, 0.5) is 0 Å². The van der Waals surface area contributed by atoms with E-state index in [0.29, 0.717) is 11.3 Å². The Bertz CT molecular complexity index is 684. The van der Waals surface area contributed by atoms with Gasteiger partial charge in [-0.25, -0.2) is 4.98 Å². The highest BCUT2D eigenvalue weighted by atomic mass is 32.2. The third-order valence-electron chi connectivity index (χ3n) is 4.72. The van der Waals surface area contributed by atoms with Gasteiger partial charge in [-0.15, -0.1) is 0 Å². The lowest BCUT2D eigenvalue weighted by Crippen LogP contribution is -2.36. The molecule has 0 N–H and O–H groups in total. The Hall–Kier alpha value is -1.75. The van der Waals surface area contributed by atoms with Crippen molar-refractivity contribution in [3.05, 3.63) is 48.0 Å². The smallest absolute Gasteiger partial charge is 0.255 e. The van der Waals surface area contributed by atoms with E-state index in [0.717, 1.165) is 29.7 Å². The van der Waals surface area contributed by atoms with Crippen LogP contribution in [0.1, 0.15) is 35.2 Å². The van der Waals surface area contributed by atoms with Crippen LogP contribution in [-0.4, -0.2) is 45.0 Å². The minimum Gasteiger partial charge on any atom is -0.339 e. The number of aryl methyl sites for hydroxylation is 1. The third kappa shape index (κ3) is 3.29. The molecule has 0 bridgehead atoms. The SMILES string of the molecule is CS[C@@H]1CC[C@@H](N(C)C(=O)c2cc(C)ccc2-n2ccnc2)C1. The van der Waals surface area contributed by atoms with Crippen molar-refractivity contribution in [2.75, 3.05) is 13.3 Å². The molecule has 122 valence electrons. The predicted octanol–water partition coefficient (Wildman–Crippen LogP) is 3.54. The summed E-state index contributed by atoms with van der Waals surface area (Å²) >= 11 is 1.91. The Labute approximate surface area is 141 Å². The molecule has 1 aliphatic rings. The van der Waals surface area contributed by atoms with E-state index in [1.807, 2.05) is 59.6 Å². The van der Waals surface area contributed by atoms with Crippen molar-refractivity contribution < 1.29 is 4.79 Å². The molecule has 1 amide bonds. The van der Waals surface area contributed by atoms with Gasteiger partial charge in [-0.2, -0.15) is 11.8 Å². The van der Waals surface area contributed by atoms with E-state index < -0.39 is 0 Å². The van der Waals surface area contributed by atoms with Crippen LogP contribution in [0, 0.1) is 6.92 Å². The van der Waals surface area contributed by atoms with Crippen molar-refractivity contribution >= 4 is 17.7 Å². The molecule has 0 radical (unpaired) electrons. The highest BCUT2D eigenvalue weighted by Crippen LogP contribution is 2.32. The van der Waals surface area contributed by atoms with E-state index in [1.54, 1.807) is 12.5 Å². The van der Waals surface area contributed by atoms with Crippen LogP contribution in [-0.2, 0) is 0 Å². The number of aromatic nitrogens is 2. The molecule has 1 heterocycles. The summed E-state index contributed by atoms with van der Waals surface area (Å²) in [6.07, 6.45) is 10.9. The predicted molar refractivity (Wildman–Crippen MR) is 95.3 cm³/mol. The first-order chi connectivity index (χ1) is 11.1. The van der Waals surface area contributed by atoms with Crippen molar-refractivity contribution in [2.24, 2.45) is 0 Å². The zero-order chi connectivity index (χ0) is 16.4. The number of nitrogens with zero attached hydrogens (tertiary/aromatic N) is 3. The highest BCUT2D eigenvalue weighted by molar-refractivity contribution is 7.99. The molecule has 1 aromatic carbocycles. The van der Waals surface area contributed by atoms with Crippen LogP contribution in [0.2, 0.25) is 0 Å². The topological polar surface area (TPSA) is 38.1 Å². The van der Waals surface area contributed by atoms with Gasteiger partial charge in [-0.05, 0) is 44.6 Å². The quantitative estimate of drug-likeness (QED) is 0.861. The van der Waals surface area contributed by atoms with Crippen molar-refractivity contribution in [3.63, 3.8) is 0 Å². The first kappa shape index (κ1) is 16.1. The zero-order valence-electron chi connectivity index (χ0n) is 13.9. The number of amides is 1. The number of carbonyl (C=O) groups is 1. The van der Waals surface area contributed by atoms with Crippen LogP contribution in [0.3, 0.4) is 0 Å². The molecule has 1 fully saturated rings. The van der Waals surface area contributed by atoms with Gasteiger partial charge in [0.05, 0.1) is 17.6 Å². The van der Waals surface area contributed by atoms with Gasteiger partial charge in [0.1, 0.15) is 0 Å². The molecule has 0 aliphatic heterocycles. The zero-order valence-corrected chi connectivity index (χ0v) is 14.7. The summed E-state index contributed by atoms with van der Waals surface area (Å²) in [7, 11) is 1.94. The lowest BCUT2D eigenvalue weighted by Gasteiger charge is -2.26. The van der Waals surface area contributed by atoms with Crippen molar-refractivity contribution in [1.82, 2.24) is 14.5 Å². The molecule has 1 aromatic heterocycles. The lowest BCUT2D eigenvalue weighted by atomic mass is 10.1. The number of benzene rings is 1. The van der Waals surface area contributed by atoms with E-state index in [-0.39, 0.29) is 5.91 Å². The van der Waals surface area contributed by atoms with Crippen molar-refractivity contribution in [3.8, 4) is 5.69 Å². The molecule has 4 nitrogen and oxygen atoms in total. The van der Waals surface area contributed by atoms with Crippen LogP contribution in [0.25, 0.3) is 5.69 Å². The first-order valence-corrected chi connectivity index (χ1v) is 9.28. The second-order valence-corrected chi connectivity index (χ2v) is 7.37. The van der Waals surface area contributed by atoms with E-state index >= 15 is 0 Å². The standard InChI is InChI=1S/C18H23N3OS/c1-13-4-7-17(21-9-8-19-12-21)16(10-13)18(22)20(2)14-5-6-15(11-14)23-3/h4,7-10,12,14-15H,5-6,11H2,1-3H3/t14-,15-/m1/s1. The number of imidazole rings is 1. The molecule has 0 unspecified atom stereocenters. The Morgan fingerprint density at radius 3 is 2.87 bits per heavy atom. The average molecular weight is 329 g/mol. The first-order valence-electron chi connectivity index (χ1n) is 7.99. The minimum absolute atomic E-state index is 0.101. The number of rotatable bonds is 4. The lowest BCUT2D eigenvalue weighted by molar-refractivity contribution is 0.0735.